The monoisotopic (exact) mass is 461 g/mol. The summed E-state index contributed by atoms with van der Waals surface area (Å²) >= 11 is 0. The fraction of sp³-hybridized carbons (Fsp3) is 0.292. The fourth-order valence-electron chi connectivity index (χ4n) is 4.21. The molecule has 0 spiro atoms. The second kappa shape index (κ2) is 9.06. The van der Waals surface area contributed by atoms with Crippen LogP contribution in [-0.2, 0) is 11.3 Å². The van der Waals surface area contributed by atoms with Crippen LogP contribution in [0.5, 0.6) is 11.5 Å². The topological polar surface area (TPSA) is 127 Å². The Labute approximate surface area is 197 Å². The molecular weight excluding hydrogens is 434 g/mol. The molecule has 2 aromatic carbocycles. The van der Waals surface area contributed by atoms with Crippen LogP contribution in [0.4, 0.5) is 17.5 Å². The highest BCUT2D eigenvalue weighted by atomic mass is 16.5. The zero-order chi connectivity index (χ0) is 23.7. The number of anilines is 3. The zero-order valence-electron chi connectivity index (χ0n) is 19.2. The lowest BCUT2D eigenvalue weighted by Crippen LogP contribution is -2.36. The van der Waals surface area contributed by atoms with Crippen LogP contribution in [-0.4, -0.2) is 60.3 Å². The second-order valence-corrected chi connectivity index (χ2v) is 8.00. The number of nitrogen functional groups attached to an aromatic ring is 2. The van der Waals surface area contributed by atoms with Gasteiger partial charge in [0.05, 0.1) is 39.4 Å². The molecule has 10 nitrogen and oxygen atoms in total. The van der Waals surface area contributed by atoms with E-state index in [2.05, 4.69) is 20.9 Å². The van der Waals surface area contributed by atoms with Crippen molar-refractivity contribution in [2.24, 2.45) is 0 Å². The molecule has 0 atom stereocenters. The normalized spacial score (nSPS) is 13.9. The number of methoxy groups -OCH3 is 2. The van der Waals surface area contributed by atoms with Crippen molar-refractivity contribution < 1.29 is 14.2 Å². The summed E-state index contributed by atoms with van der Waals surface area (Å²) in [6.07, 6.45) is 0. The lowest BCUT2D eigenvalue weighted by molar-refractivity contribution is 0.122. The third-order valence-electron chi connectivity index (χ3n) is 5.95. The summed E-state index contributed by atoms with van der Waals surface area (Å²) in [5.74, 6) is 1.85. The van der Waals surface area contributed by atoms with Gasteiger partial charge in [0.2, 0.25) is 5.95 Å². The average Bonchev–Trinajstić information content (AvgIpc) is 3.22. The molecule has 0 radical (unpaired) electrons. The van der Waals surface area contributed by atoms with Crippen molar-refractivity contribution in [3.63, 3.8) is 0 Å². The standard InChI is InChI=1S/C24H27N7O3/c1-32-17-6-3-15(4-7-17)14-31-23-20(22(25)27-24(26)28-23)21(29-31)18-8-5-16(13-19(18)33-2)30-9-11-34-12-10-30/h3-8,13H,9-12,14H2,1-2H3,(H4,25,26,27,28). The van der Waals surface area contributed by atoms with Crippen LogP contribution in [0.3, 0.4) is 0 Å². The van der Waals surface area contributed by atoms with Crippen molar-refractivity contribution in [2.45, 2.75) is 6.54 Å². The van der Waals surface area contributed by atoms with E-state index in [1.807, 2.05) is 36.4 Å². The largest absolute Gasteiger partial charge is 0.497 e. The zero-order valence-corrected chi connectivity index (χ0v) is 19.2. The minimum atomic E-state index is 0.0991. The summed E-state index contributed by atoms with van der Waals surface area (Å²) in [7, 11) is 3.29. The third kappa shape index (κ3) is 4.03. The van der Waals surface area contributed by atoms with Crippen molar-refractivity contribution >= 4 is 28.5 Å². The van der Waals surface area contributed by atoms with Gasteiger partial charge >= 0.3 is 0 Å². The van der Waals surface area contributed by atoms with E-state index in [1.54, 1.807) is 18.9 Å². The van der Waals surface area contributed by atoms with Gasteiger partial charge in [0.25, 0.3) is 0 Å². The summed E-state index contributed by atoms with van der Waals surface area (Å²) in [5.41, 5.74) is 16.4. The van der Waals surface area contributed by atoms with E-state index in [9.17, 15) is 0 Å². The van der Waals surface area contributed by atoms with Gasteiger partial charge in [-0.15, -0.1) is 0 Å². The summed E-state index contributed by atoms with van der Waals surface area (Å²) in [5, 5.41) is 5.52. The summed E-state index contributed by atoms with van der Waals surface area (Å²) in [6.45, 7) is 3.56. The highest BCUT2D eigenvalue weighted by molar-refractivity contribution is 6.00. The van der Waals surface area contributed by atoms with Gasteiger partial charge in [0.1, 0.15) is 23.0 Å². The summed E-state index contributed by atoms with van der Waals surface area (Å²) in [4.78, 5) is 10.9. The highest BCUT2D eigenvalue weighted by Gasteiger charge is 2.22. The summed E-state index contributed by atoms with van der Waals surface area (Å²) in [6, 6.07) is 13.9. The molecule has 0 aliphatic carbocycles. The first kappa shape index (κ1) is 21.8. The van der Waals surface area contributed by atoms with Crippen LogP contribution in [0.2, 0.25) is 0 Å². The van der Waals surface area contributed by atoms with Crippen molar-refractivity contribution in [1.82, 2.24) is 19.7 Å². The maximum atomic E-state index is 6.31. The predicted octanol–water partition coefficient (Wildman–Crippen LogP) is 2.56. The van der Waals surface area contributed by atoms with E-state index in [0.29, 0.717) is 42.2 Å². The van der Waals surface area contributed by atoms with Gasteiger partial charge in [0, 0.05) is 30.4 Å². The maximum Gasteiger partial charge on any atom is 0.224 e. The number of nitrogens with zero attached hydrogens (tertiary/aromatic N) is 5. The van der Waals surface area contributed by atoms with Crippen molar-refractivity contribution in [1.29, 1.82) is 0 Å². The quantitative estimate of drug-likeness (QED) is 0.445. The molecule has 4 aromatic rings. The minimum absolute atomic E-state index is 0.0991. The number of aromatic nitrogens is 4. The SMILES string of the molecule is COc1ccc(Cn2nc(-c3ccc(N4CCOCC4)cc3OC)c3c(N)nc(N)nc32)cc1. The molecule has 3 heterocycles. The molecule has 4 N–H and O–H groups in total. The van der Waals surface area contributed by atoms with Crippen LogP contribution in [0.15, 0.2) is 42.5 Å². The second-order valence-electron chi connectivity index (χ2n) is 8.00. The lowest BCUT2D eigenvalue weighted by atomic mass is 10.1. The average molecular weight is 462 g/mol. The molecule has 10 heteroatoms. The first-order valence-corrected chi connectivity index (χ1v) is 11.0. The van der Waals surface area contributed by atoms with Crippen LogP contribution in [0, 0.1) is 0 Å². The molecular formula is C24H27N7O3. The molecule has 176 valence electrons. The smallest absolute Gasteiger partial charge is 0.224 e. The van der Waals surface area contributed by atoms with Crippen LogP contribution >= 0.6 is 0 Å². The van der Waals surface area contributed by atoms with E-state index in [1.165, 1.54) is 0 Å². The van der Waals surface area contributed by atoms with Gasteiger partial charge in [-0.2, -0.15) is 15.1 Å². The van der Waals surface area contributed by atoms with Crippen molar-refractivity contribution in [3.8, 4) is 22.8 Å². The summed E-state index contributed by atoms with van der Waals surface area (Å²) < 4.78 is 18.3. The maximum absolute atomic E-state index is 6.31. The molecule has 1 fully saturated rings. The number of nitrogens with two attached hydrogens (primary N) is 2. The van der Waals surface area contributed by atoms with E-state index in [4.69, 9.17) is 30.8 Å². The van der Waals surface area contributed by atoms with Crippen molar-refractivity contribution in [3.05, 3.63) is 48.0 Å². The van der Waals surface area contributed by atoms with Crippen LogP contribution < -0.4 is 25.8 Å². The Morgan fingerprint density at radius 3 is 2.44 bits per heavy atom. The minimum Gasteiger partial charge on any atom is -0.497 e. The van der Waals surface area contributed by atoms with Gasteiger partial charge in [-0.05, 0) is 29.8 Å². The Morgan fingerprint density at radius 2 is 1.74 bits per heavy atom. The Morgan fingerprint density at radius 1 is 0.971 bits per heavy atom. The number of hydrogen-bond donors (Lipinski definition) is 2. The Hall–Kier alpha value is -4.05. The van der Waals surface area contributed by atoms with Gasteiger partial charge in [-0.3, -0.25) is 0 Å². The number of hydrogen-bond acceptors (Lipinski definition) is 9. The molecule has 0 bridgehead atoms. The number of benzene rings is 2. The molecule has 0 saturated carbocycles. The predicted molar refractivity (Wildman–Crippen MR) is 131 cm³/mol. The van der Waals surface area contributed by atoms with Crippen LogP contribution in [0.1, 0.15) is 5.56 Å². The molecule has 2 aromatic heterocycles. The van der Waals surface area contributed by atoms with Gasteiger partial charge in [-0.25, -0.2) is 4.68 Å². The van der Waals surface area contributed by atoms with Gasteiger partial charge in [0.15, 0.2) is 5.65 Å². The molecule has 0 amide bonds. The number of rotatable bonds is 6. The number of fused-ring (bicyclic) bond motifs is 1. The Kier molecular flexibility index (Phi) is 5.81. The number of morpholine rings is 1. The van der Waals surface area contributed by atoms with Crippen molar-refractivity contribution in [2.75, 3.05) is 56.9 Å². The molecule has 1 saturated heterocycles. The van der Waals surface area contributed by atoms with Gasteiger partial charge in [-0.1, -0.05) is 12.1 Å². The first-order chi connectivity index (χ1) is 16.6. The molecule has 0 unspecified atom stereocenters. The first-order valence-electron chi connectivity index (χ1n) is 11.0. The lowest BCUT2D eigenvalue weighted by Gasteiger charge is -2.29. The number of ether oxygens (including phenoxy) is 3. The van der Waals surface area contributed by atoms with E-state index < -0.39 is 0 Å². The fourth-order valence-corrected chi connectivity index (χ4v) is 4.21. The third-order valence-corrected chi connectivity index (χ3v) is 5.95. The van der Waals surface area contributed by atoms with E-state index >= 15 is 0 Å². The van der Waals surface area contributed by atoms with E-state index in [0.717, 1.165) is 35.7 Å². The van der Waals surface area contributed by atoms with E-state index in [-0.39, 0.29) is 11.8 Å². The van der Waals surface area contributed by atoms with Crippen LogP contribution in [0.25, 0.3) is 22.3 Å². The molecule has 1 aliphatic rings. The molecule has 5 rings (SSSR count). The Bertz CT molecular complexity index is 1310. The Balaban J connectivity index is 1.60. The highest BCUT2D eigenvalue weighted by Crippen LogP contribution is 2.38. The molecule has 34 heavy (non-hydrogen) atoms. The molecule has 1 aliphatic heterocycles. The van der Waals surface area contributed by atoms with Gasteiger partial charge < -0.3 is 30.6 Å².